The Bertz CT molecular complexity index is 752. The smallest absolute Gasteiger partial charge is 0.319 e. The average molecular weight is 386 g/mol. The molecule has 2 saturated heterocycles. The predicted octanol–water partition coefficient (Wildman–Crippen LogP) is 3.78. The van der Waals surface area contributed by atoms with Crippen molar-refractivity contribution in [1.29, 1.82) is 0 Å². The van der Waals surface area contributed by atoms with E-state index in [0.29, 0.717) is 24.2 Å². The van der Waals surface area contributed by atoms with E-state index in [4.69, 9.17) is 4.74 Å². The Morgan fingerprint density at radius 2 is 2.11 bits per heavy atom. The molecule has 152 valence electrons. The van der Waals surface area contributed by atoms with Gasteiger partial charge in [0.2, 0.25) is 5.91 Å². The summed E-state index contributed by atoms with van der Waals surface area (Å²) in [5, 5.41) is 6.13. The molecule has 6 heteroatoms. The predicted molar refractivity (Wildman–Crippen MR) is 108 cm³/mol. The minimum absolute atomic E-state index is 0.0362. The number of methoxy groups -OCH3 is 1. The average Bonchev–Trinajstić information content (AvgIpc) is 3.05. The maximum Gasteiger partial charge on any atom is 0.319 e. The van der Waals surface area contributed by atoms with Crippen molar-refractivity contribution in [2.24, 2.45) is 11.8 Å². The number of carbonyl (C=O) groups excluding carboxylic acids is 2. The molecule has 3 aliphatic rings. The monoisotopic (exact) mass is 385 g/mol. The van der Waals surface area contributed by atoms with E-state index in [1.165, 1.54) is 0 Å². The van der Waals surface area contributed by atoms with E-state index in [1.807, 2.05) is 24.3 Å². The number of anilines is 1. The molecule has 3 amide bonds. The van der Waals surface area contributed by atoms with Gasteiger partial charge in [0.05, 0.1) is 7.11 Å². The molecule has 0 bridgehead atoms. The number of urea groups is 1. The molecule has 28 heavy (non-hydrogen) atoms. The van der Waals surface area contributed by atoms with E-state index in [9.17, 15) is 9.59 Å². The van der Waals surface area contributed by atoms with Crippen molar-refractivity contribution in [3.63, 3.8) is 0 Å². The third-order valence-corrected chi connectivity index (χ3v) is 7.23. The van der Waals surface area contributed by atoms with Crippen molar-refractivity contribution in [3.05, 3.63) is 24.3 Å². The number of carbonyl (C=O) groups is 2. The van der Waals surface area contributed by atoms with Crippen LogP contribution < -0.4 is 15.4 Å². The van der Waals surface area contributed by atoms with Crippen LogP contribution in [0.4, 0.5) is 10.5 Å². The van der Waals surface area contributed by atoms with Gasteiger partial charge in [0.1, 0.15) is 5.75 Å². The van der Waals surface area contributed by atoms with Gasteiger partial charge in [-0.2, -0.15) is 0 Å². The fourth-order valence-corrected chi connectivity index (χ4v) is 5.92. The van der Waals surface area contributed by atoms with Crippen LogP contribution in [0.25, 0.3) is 0 Å². The molecular formula is C22H31N3O3. The second kappa shape index (κ2) is 7.64. The summed E-state index contributed by atoms with van der Waals surface area (Å²) in [7, 11) is 1.61. The molecule has 1 saturated carbocycles. The van der Waals surface area contributed by atoms with Gasteiger partial charge in [-0.25, -0.2) is 4.79 Å². The van der Waals surface area contributed by atoms with Crippen LogP contribution in [-0.4, -0.2) is 42.1 Å². The highest BCUT2D eigenvalue weighted by Gasteiger charge is 2.55. The number of nitrogens with zero attached hydrogens (tertiary/aromatic N) is 1. The van der Waals surface area contributed by atoms with Crippen LogP contribution in [-0.2, 0) is 4.79 Å². The first-order valence-electron chi connectivity index (χ1n) is 10.6. The number of hydrogen-bond acceptors (Lipinski definition) is 3. The molecule has 1 aliphatic carbocycles. The summed E-state index contributed by atoms with van der Waals surface area (Å²) < 4.78 is 5.22. The Morgan fingerprint density at radius 1 is 1.25 bits per heavy atom. The summed E-state index contributed by atoms with van der Waals surface area (Å²) in [4.78, 5) is 27.4. The van der Waals surface area contributed by atoms with Gasteiger partial charge in [-0.15, -0.1) is 0 Å². The lowest BCUT2D eigenvalue weighted by Crippen LogP contribution is -2.60. The minimum atomic E-state index is -0.172. The minimum Gasteiger partial charge on any atom is -0.497 e. The van der Waals surface area contributed by atoms with Gasteiger partial charge < -0.3 is 20.3 Å². The lowest BCUT2D eigenvalue weighted by atomic mass is 9.63. The SMILES string of the molecule is COc1cccc(NC(=O)N[C@H]2CC[C@@]34CCCN3C(=O)CCC[C@H]4[C@H]2C)c1. The second-order valence-corrected chi connectivity index (χ2v) is 8.59. The van der Waals surface area contributed by atoms with E-state index in [2.05, 4.69) is 22.5 Å². The normalized spacial score (nSPS) is 32.1. The summed E-state index contributed by atoms with van der Waals surface area (Å²) in [6.07, 6.45) is 6.89. The van der Waals surface area contributed by atoms with Crippen LogP contribution in [0.15, 0.2) is 24.3 Å². The molecule has 6 nitrogen and oxygen atoms in total. The molecule has 2 heterocycles. The molecule has 2 N–H and O–H groups in total. The van der Waals surface area contributed by atoms with Gasteiger partial charge in [-0.05, 0) is 62.5 Å². The summed E-state index contributed by atoms with van der Waals surface area (Å²) >= 11 is 0. The van der Waals surface area contributed by atoms with Crippen LogP contribution in [0.3, 0.4) is 0 Å². The lowest BCUT2D eigenvalue weighted by Gasteiger charge is -2.52. The highest BCUT2D eigenvalue weighted by molar-refractivity contribution is 5.89. The molecule has 2 aliphatic heterocycles. The van der Waals surface area contributed by atoms with Crippen molar-refractivity contribution in [3.8, 4) is 5.75 Å². The van der Waals surface area contributed by atoms with E-state index in [1.54, 1.807) is 7.11 Å². The van der Waals surface area contributed by atoms with Crippen LogP contribution in [0.2, 0.25) is 0 Å². The van der Waals surface area contributed by atoms with E-state index in [0.717, 1.165) is 56.5 Å². The van der Waals surface area contributed by atoms with Gasteiger partial charge in [-0.1, -0.05) is 13.0 Å². The summed E-state index contributed by atoms with van der Waals surface area (Å²) in [6, 6.07) is 7.34. The number of ether oxygens (including phenoxy) is 1. The third-order valence-electron chi connectivity index (χ3n) is 7.23. The fraction of sp³-hybridized carbons (Fsp3) is 0.636. The Kier molecular flexibility index (Phi) is 5.21. The van der Waals surface area contributed by atoms with Gasteiger partial charge in [0.25, 0.3) is 0 Å². The Hall–Kier alpha value is -2.24. The largest absolute Gasteiger partial charge is 0.497 e. The van der Waals surface area contributed by atoms with Crippen LogP contribution in [0, 0.1) is 11.8 Å². The molecule has 4 rings (SSSR count). The van der Waals surface area contributed by atoms with E-state index in [-0.39, 0.29) is 17.6 Å². The van der Waals surface area contributed by atoms with Crippen molar-refractivity contribution < 1.29 is 14.3 Å². The van der Waals surface area contributed by atoms with Crippen LogP contribution in [0.5, 0.6) is 5.75 Å². The maximum atomic E-state index is 12.6. The number of amides is 3. The molecule has 1 aromatic rings. The van der Waals surface area contributed by atoms with Gasteiger partial charge in [-0.3, -0.25) is 4.79 Å². The molecule has 0 unspecified atom stereocenters. The summed E-state index contributed by atoms with van der Waals surface area (Å²) in [5.74, 6) is 1.89. The summed E-state index contributed by atoms with van der Waals surface area (Å²) in [6.45, 7) is 3.17. The van der Waals surface area contributed by atoms with Crippen LogP contribution >= 0.6 is 0 Å². The molecule has 4 atom stereocenters. The van der Waals surface area contributed by atoms with E-state index >= 15 is 0 Å². The standard InChI is InChI=1S/C22H31N3O3/c1-15-18-8-4-9-20(26)25-13-5-11-22(18,25)12-10-19(15)24-21(27)23-16-6-3-7-17(14-16)28-2/h3,6-7,14-15,18-19H,4-5,8-13H2,1-2H3,(H2,23,24,27)/t15-,18+,19+,22-/m1/s1. The van der Waals surface area contributed by atoms with Gasteiger partial charge in [0.15, 0.2) is 0 Å². The lowest BCUT2D eigenvalue weighted by molar-refractivity contribution is -0.138. The first kappa shape index (κ1) is 19.1. The van der Waals surface area contributed by atoms with Crippen LogP contribution in [0.1, 0.15) is 51.9 Å². The summed E-state index contributed by atoms with van der Waals surface area (Å²) in [5.41, 5.74) is 0.757. The van der Waals surface area contributed by atoms with Crippen molar-refractivity contribution >= 4 is 17.6 Å². The molecule has 1 spiro atoms. The zero-order valence-corrected chi connectivity index (χ0v) is 16.9. The zero-order valence-electron chi connectivity index (χ0n) is 16.9. The number of nitrogens with one attached hydrogen (secondary N) is 2. The van der Waals surface area contributed by atoms with Crippen molar-refractivity contribution in [2.45, 2.75) is 63.5 Å². The molecule has 1 aromatic carbocycles. The molecule has 0 radical (unpaired) electrons. The first-order chi connectivity index (χ1) is 13.5. The maximum absolute atomic E-state index is 12.6. The van der Waals surface area contributed by atoms with E-state index < -0.39 is 0 Å². The topological polar surface area (TPSA) is 70.7 Å². The number of benzene rings is 1. The highest BCUT2D eigenvalue weighted by atomic mass is 16.5. The van der Waals surface area contributed by atoms with Gasteiger partial charge >= 0.3 is 6.03 Å². The molecule has 3 fully saturated rings. The first-order valence-corrected chi connectivity index (χ1v) is 10.6. The molecular weight excluding hydrogens is 354 g/mol. The number of hydrogen-bond donors (Lipinski definition) is 2. The van der Waals surface area contributed by atoms with Crippen molar-refractivity contribution in [2.75, 3.05) is 19.0 Å². The fourth-order valence-electron chi connectivity index (χ4n) is 5.92. The number of rotatable bonds is 3. The second-order valence-electron chi connectivity index (χ2n) is 8.59. The third kappa shape index (κ3) is 3.33. The Balaban J connectivity index is 1.44. The Labute approximate surface area is 167 Å². The quantitative estimate of drug-likeness (QED) is 0.832. The van der Waals surface area contributed by atoms with Gasteiger partial charge in [0, 0.05) is 36.3 Å². The molecule has 0 aromatic heterocycles. The Morgan fingerprint density at radius 3 is 2.93 bits per heavy atom. The zero-order chi connectivity index (χ0) is 19.7. The highest BCUT2D eigenvalue weighted by Crippen LogP contribution is 2.51. The van der Waals surface area contributed by atoms with Crippen molar-refractivity contribution in [1.82, 2.24) is 10.2 Å².